The highest BCUT2D eigenvalue weighted by Crippen LogP contribution is 2.37. The van der Waals surface area contributed by atoms with Crippen LogP contribution in [0, 0.1) is 5.92 Å². The second-order valence-electron chi connectivity index (χ2n) is 12.3. The van der Waals surface area contributed by atoms with E-state index in [4.69, 9.17) is 9.16 Å². The first-order valence-electron chi connectivity index (χ1n) is 12.9. The van der Waals surface area contributed by atoms with Crippen molar-refractivity contribution < 1.29 is 14.0 Å². The van der Waals surface area contributed by atoms with Gasteiger partial charge in [-0.3, -0.25) is 9.69 Å². The van der Waals surface area contributed by atoms with E-state index in [9.17, 15) is 4.79 Å². The smallest absolute Gasteiger partial charge is 0.307 e. The van der Waals surface area contributed by atoms with Crippen LogP contribution in [0.1, 0.15) is 66.0 Å². The van der Waals surface area contributed by atoms with Crippen molar-refractivity contribution in [1.29, 1.82) is 0 Å². The third-order valence-corrected chi connectivity index (χ3v) is 11.4. The van der Waals surface area contributed by atoms with Gasteiger partial charge in [-0.2, -0.15) is 0 Å². The topological polar surface area (TPSA) is 38.8 Å². The molecule has 2 rings (SSSR count). The monoisotopic (exact) mass is 497 g/mol. The summed E-state index contributed by atoms with van der Waals surface area (Å²) in [4.78, 5) is 15.5. The van der Waals surface area contributed by atoms with E-state index in [2.05, 4.69) is 94.2 Å². The molecule has 0 spiro atoms. The predicted molar refractivity (Wildman–Crippen MR) is 149 cm³/mol. The lowest BCUT2D eigenvalue weighted by Gasteiger charge is -2.40. The van der Waals surface area contributed by atoms with Gasteiger partial charge in [0, 0.05) is 25.7 Å². The highest BCUT2D eigenvalue weighted by atomic mass is 28.4. The van der Waals surface area contributed by atoms with Gasteiger partial charge in [-0.15, -0.1) is 0 Å². The number of rotatable bonds is 11. The van der Waals surface area contributed by atoms with Crippen molar-refractivity contribution in [3.8, 4) is 0 Å². The van der Waals surface area contributed by atoms with Crippen molar-refractivity contribution in [3.63, 3.8) is 0 Å². The van der Waals surface area contributed by atoms with Crippen molar-refractivity contribution in [3.05, 3.63) is 71.8 Å². The zero-order valence-corrected chi connectivity index (χ0v) is 24.4. The van der Waals surface area contributed by atoms with Crippen LogP contribution in [-0.4, -0.2) is 37.4 Å². The molecule has 0 aliphatic carbocycles. The summed E-state index contributed by atoms with van der Waals surface area (Å²) >= 11 is 0. The zero-order valence-electron chi connectivity index (χ0n) is 23.4. The summed E-state index contributed by atoms with van der Waals surface area (Å²) in [5.74, 6) is -0.00290. The van der Waals surface area contributed by atoms with E-state index in [0.29, 0.717) is 13.0 Å². The second kappa shape index (κ2) is 12.3. The third-order valence-electron chi connectivity index (χ3n) is 6.89. The Morgan fingerprint density at radius 2 is 1.31 bits per heavy atom. The van der Waals surface area contributed by atoms with Crippen molar-refractivity contribution in [1.82, 2.24) is 4.90 Å². The van der Waals surface area contributed by atoms with E-state index in [1.54, 1.807) is 0 Å². The molecule has 0 N–H and O–H groups in total. The Balaban J connectivity index is 2.35. The van der Waals surface area contributed by atoms with Crippen LogP contribution in [0.3, 0.4) is 0 Å². The molecule has 0 saturated heterocycles. The van der Waals surface area contributed by atoms with Gasteiger partial charge in [0.2, 0.25) is 0 Å². The van der Waals surface area contributed by atoms with E-state index < -0.39 is 13.9 Å². The Morgan fingerprint density at radius 1 is 0.857 bits per heavy atom. The van der Waals surface area contributed by atoms with Crippen LogP contribution < -0.4 is 0 Å². The van der Waals surface area contributed by atoms with Gasteiger partial charge in [-0.05, 0) is 55.9 Å². The number of hydrogen-bond acceptors (Lipinski definition) is 4. The largest absolute Gasteiger partial charge is 0.460 e. The van der Waals surface area contributed by atoms with Crippen LogP contribution in [0.25, 0.3) is 0 Å². The number of carbonyl (C=O) groups excluding carboxylic acids is 1. The third kappa shape index (κ3) is 9.90. The Morgan fingerprint density at radius 3 is 1.71 bits per heavy atom. The molecule has 0 amide bonds. The van der Waals surface area contributed by atoms with Crippen molar-refractivity contribution in [2.45, 2.75) is 97.8 Å². The van der Waals surface area contributed by atoms with Gasteiger partial charge in [0.15, 0.2) is 8.32 Å². The summed E-state index contributed by atoms with van der Waals surface area (Å²) in [6, 6.07) is 21.0. The summed E-state index contributed by atoms with van der Waals surface area (Å²) in [5, 5.41) is 0.140. The Labute approximate surface area is 215 Å². The zero-order chi connectivity index (χ0) is 26.3. The quantitative estimate of drug-likeness (QED) is 0.239. The Kier molecular flexibility index (Phi) is 10.3. The summed E-state index contributed by atoms with van der Waals surface area (Å²) in [6.45, 7) is 21.5. The molecule has 2 aromatic carbocycles. The maximum absolute atomic E-state index is 13.1. The van der Waals surface area contributed by atoms with Gasteiger partial charge in [0.25, 0.3) is 0 Å². The summed E-state index contributed by atoms with van der Waals surface area (Å²) < 4.78 is 12.4. The minimum absolute atomic E-state index is 0.0185. The van der Waals surface area contributed by atoms with Gasteiger partial charge in [0.1, 0.15) is 5.60 Å². The molecule has 2 atom stereocenters. The van der Waals surface area contributed by atoms with Gasteiger partial charge in [0.05, 0.1) is 6.42 Å². The molecule has 0 heterocycles. The van der Waals surface area contributed by atoms with Crippen LogP contribution in [0.4, 0.5) is 0 Å². The highest BCUT2D eigenvalue weighted by Gasteiger charge is 2.38. The molecule has 35 heavy (non-hydrogen) atoms. The van der Waals surface area contributed by atoms with E-state index in [0.717, 1.165) is 13.1 Å². The lowest BCUT2D eigenvalue weighted by atomic mass is 9.96. The first-order chi connectivity index (χ1) is 16.2. The standard InChI is InChI=1S/C30H47NO3Si/c1-24(23-33-35(8,9)30(5,6)7)27(20-28(32)34-29(2,3)4)31(21-25-16-12-10-13-17-25)22-26-18-14-11-15-19-26/h10-19,24,27H,20-23H2,1-9H3/t24-,27-/m0/s1. The van der Waals surface area contributed by atoms with Gasteiger partial charge in [-0.25, -0.2) is 0 Å². The molecule has 0 radical (unpaired) electrons. The summed E-state index contributed by atoms with van der Waals surface area (Å²) in [5.41, 5.74) is 1.96. The maximum atomic E-state index is 13.1. The first-order valence-corrected chi connectivity index (χ1v) is 15.8. The van der Waals surface area contributed by atoms with Crippen molar-refractivity contribution in [2.75, 3.05) is 6.61 Å². The molecule has 0 aliphatic rings. The van der Waals surface area contributed by atoms with Crippen LogP contribution in [0.15, 0.2) is 60.7 Å². The Bertz CT molecular complexity index is 859. The molecule has 0 saturated carbocycles. The Hall–Kier alpha value is -1.95. The minimum atomic E-state index is -1.91. The molecule has 194 valence electrons. The highest BCUT2D eigenvalue weighted by molar-refractivity contribution is 6.74. The van der Waals surface area contributed by atoms with E-state index in [1.165, 1.54) is 11.1 Å². The fraction of sp³-hybridized carbons (Fsp3) is 0.567. The lowest BCUT2D eigenvalue weighted by Crippen LogP contribution is -2.46. The molecular weight excluding hydrogens is 450 g/mol. The van der Waals surface area contributed by atoms with Crippen LogP contribution in [-0.2, 0) is 27.0 Å². The average Bonchev–Trinajstić information content (AvgIpc) is 2.75. The number of carbonyl (C=O) groups is 1. The normalized spacial score (nSPS) is 14.6. The number of nitrogens with zero attached hydrogens (tertiary/aromatic N) is 1. The predicted octanol–water partition coefficient (Wildman–Crippen LogP) is 7.45. The van der Waals surface area contributed by atoms with E-state index in [-0.39, 0.29) is 23.0 Å². The van der Waals surface area contributed by atoms with E-state index in [1.807, 2.05) is 32.9 Å². The molecule has 5 heteroatoms. The van der Waals surface area contributed by atoms with Crippen molar-refractivity contribution >= 4 is 14.3 Å². The van der Waals surface area contributed by atoms with E-state index >= 15 is 0 Å². The van der Waals surface area contributed by atoms with Gasteiger partial charge in [-0.1, -0.05) is 88.4 Å². The van der Waals surface area contributed by atoms with Crippen LogP contribution in [0.5, 0.6) is 0 Å². The first kappa shape index (κ1) is 29.3. The molecule has 2 aromatic rings. The maximum Gasteiger partial charge on any atom is 0.307 e. The average molecular weight is 498 g/mol. The van der Waals surface area contributed by atoms with Crippen LogP contribution in [0.2, 0.25) is 18.1 Å². The lowest BCUT2D eigenvalue weighted by molar-refractivity contribution is -0.157. The van der Waals surface area contributed by atoms with Crippen molar-refractivity contribution in [2.24, 2.45) is 5.92 Å². The SMILES string of the molecule is C[C@@H](CO[Si](C)(C)C(C)(C)C)[C@H](CC(=O)OC(C)(C)C)N(Cc1ccccc1)Cc1ccccc1. The fourth-order valence-corrected chi connectivity index (χ4v) is 4.95. The molecule has 0 aromatic heterocycles. The number of benzene rings is 2. The minimum Gasteiger partial charge on any atom is -0.460 e. The molecular formula is C30H47NO3Si. The molecule has 0 bridgehead atoms. The number of ether oxygens (including phenoxy) is 1. The second-order valence-corrected chi connectivity index (χ2v) is 17.1. The molecule has 0 aliphatic heterocycles. The fourth-order valence-electron chi connectivity index (χ4n) is 3.84. The molecule has 0 fully saturated rings. The van der Waals surface area contributed by atoms with Gasteiger partial charge >= 0.3 is 5.97 Å². The number of esters is 1. The molecule has 0 unspecified atom stereocenters. The number of hydrogen-bond donors (Lipinski definition) is 0. The van der Waals surface area contributed by atoms with Gasteiger partial charge < -0.3 is 9.16 Å². The van der Waals surface area contributed by atoms with Crippen LogP contribution >= 0.6 is 0 Å². The molecule has 4 nitrogen and oxygen atoms in total. The summed E-state index contributed by atoms with van der Waals surface area (Å²) in [7, 11) is -1.91. The summed E-state index contributed by atoms with van der Waals surface area (Å²) in [6.07, 6.45) is 0.332.